The Balaban J connectivity index is 1.78. The number of hydrogen-bond donors (Lipinski definition) is 0. The number of carbonyl (C=O) groups is 1. The van der Waals surface area contributed by atoms with E-state index >= 15 is 0 Å². The van der Waals surface area contributed by atoms with Gasteiger partial charge in [0.25, 0.3) is 5.91 Å². The smallest absolute Gasteiger partial charge is 0.260 e. The van der Waals surface area contributed by atoms with Crippen molar-refractivity contribution in [3.8, 4) is 0 Å². The Morgan fingerprint density at radius 3 is 2.22 bits per heavy atom. The number of benzene rings is 2. The second kappa shape index (κ2) is 7.35. The van der Waals surface area contributed by atoms with Crippen LogP contribution in [-0.4, -0.2) is 27.2 Å². The predicted octanol–water partition coefficient (Wildman–Crippen LogP) is 5.32. The number of hydrogen-bond acceptors (Lipinski definition) is 3. The molecule has 1 amide bonds. The topological polar surface area (TPSA) is 32.7 Å². The number of amides is 1. The number of thiocarbonyl (C=S) groups is 1. The molecule has 1 spiro atoms. The molecule has 2 aromatic rings. The lowest BCUT2D eigenvalue weighted by molar-refractivity contribution is 0.0692. The molecule has 4 heteroatoms. The average Bonchev–Trinajstić information content (AvgIpc) is 2.82. The van der Waals surface area contributed by atoms with Gasteiger partial charge in [-0.25, -0.2) is 0 Å². The third-order valence-corrected chi connectivity index (χ3v) is 5.97. The normalized spacial score (nSPS) is 19.1. The van der Waals surface area contributed by atoms with Gasteiger partial charge in [-0.05, 0) is 44.7 Å². The average molecular weight is 377 g/mol. The summed E-state index contributed by atoms with van der Waals surface area (Å²) >= 11 is 5.82. The molecule has 2 aliphatic rings. The van der Waals surface area contributed by atoms with Crippen LogP contribution >= 0.6 is 12.2 Å². The van der Waals surface area contributed by atoms with Crippen LogP contribution in [-0.2, 0) is 0 Å². The van der Waals surface area contributed by atoms with E-state index in [1.807, 2.05) is 66.4 Å². The van der Waals surface area contributed by atoms with Gasteiger partial charge in [-0.3, -0.25) is 14.7 Å². The molecule has 138 valence electrons. The minimum Gasteiger partial charge on any atom is -0.271 e. The molecule has 4 rings (SSSR count). The molecule has 0 saturated heterocycles. The van der Waals surface area contributed by atoms with Crippen LogP contribution in [0.4, 0.5) is 0 Å². The van der Waals surface area contributed by atoms with Crippen molar-refractivity contribution < 1.29 is 4.79 Å². The zero-order valence-corrected chi connectivity index (χ0v) is 16.5. The maximum Gasteiger partial charge on any atom is 0.260 e. The lowest BCUT2D eigenvalue weighted by Crippen LogP contribution is -2.49. The molecule has 0 bridgehead atoms. The van der Waals surface area contributed by atoms with E-state index < -0.39 is 5.66 Å². The highest BCUT2D eigenvalue weighted by atomic mass is 32.1. The SMILES string of the molecule is Cc1ccc(C(=O)N2C(=S)C(c3ccccc3)=NC23CCCCCC3)cc1. The van der Waals surface area contributed by atoms with Crippen molar-refractivity contribution in [2.75, 3.05) is 0 Å². The summed E-state index contributed by atoms with van der Waals surface area (Å²) in [6.45, 7) is 2.03. The molecule has 1 aliphatic carbocycles. The van der Waals surface area contributed by atoms with Crippen LogP contribution in [0.2, 0.25) is 0 Å². The Labute approximate surface area is 166 Å². The fourth-order valence-electron chi connectivity index (χ4n) is 4.12. The monoisotopic (exact) mass is 376 g/mol. The zero-order chi connectivity index (χ0) is 18.9. The number of aryl methyl sites for hydroxylation is 1. The van der Waals surface area contributed by atoms with Crippen LogP contribution < -0.4 is 0 Å². The van der Waals surface area contributed by atoms with Crippen LogP contribution in [0.5, 0.6) is 0 Å². The van der Waals surface area contributed by atoms with E-state index in [1.165, 1.54) is 12.8 Å². The maximum absolute atomic E-state index is 13.5. The van der Waals surface area contributed by atoms with Crippen LogP contribution in [0.25, 0.3) is 0 Å². The number of carbonyl (C=O) groups excluding carboxylic acids is 1. The summed E-state index contributed by atoms with van der Waals surface area (Å²) in [5, 5.41) is 0. The second-order valence-electron chi connectivity index (χ2n) is 7.53. The summed E-state index contributed by atoms with van der Waals surface area (Å²) in [5.74, 6) is -0.0309. The van der Waals surface area contributed by atoms with Crippen molar-refractivity contribution in [1.82, 2.24) is 4.90 Å². The van der Waals surface area contributed by atoms with E-state index in [2.05, 4.69) is 0 Å². The molecular formula is C23H24N2OS. The lowest BCUT2D eigenvalue weighted by Gasteiger charge is -2.35. The van der Waals surface area contributed by atoms with Gasteiger partial charge >= 0.3 is 0 Å². The highest BCUT2D eigenvalue weighted by Gasteiger charge is 2.48. The van der Waals surface area contributed by atoms with Crippen LogP contribution in [0.3, 0.4) is 0 Å². The number of aliphatic imine (C=N–C) groups is 1. The third kappa shape index (κ3) is 3.34. The van der Waals surface area contributed by atoms with E-state index in [4.69, 9.17) is 17.2 Å². The van der Waals surface area contributed by atoms with Gasteiger partial charge in [0.2, 0.25) is 0 Å². The Morgan fingerprint density at radius 2 is 1.59 bits per heavy atom. The van der Waals surface area contributed by atoms with Crippen molar-refractivity contribution in [3.63, 3.8) is 0 Å². The first-order chi connectivity index (χ1) is 13.1. The Bertz CT molecular complexity index is 878. The summed E-state index contributed by atoms with van der Waals surface area (Å²) < 4.78 is 0. The summed E-state index contributed by atoms with van der Waals surface area (Å²) in [4.78, 5) is 21.0. The Kier molecular flexibility index (Phi) is 4.92. The van der Waals surface area contributed by atoms with E-state index in [9.17, 15) is 4.79 Å². The van der Waals surface area contributed by atoms with Gasteiger partial charge < -0.3 is 0 Å². The van der Waals surface area contributed by atoms with Crippen molar-refractivity contribution in [1.29, 1.82) is 0 Å². The first-order valence-electron chi connectivity index (χ1n) is 9.72. The highest BCUT2D eigenvalue weighted by Crippen LogP contribution is 2.40. The zero-order valence-electron chi connectivity index (χ0n) is 15.6. The molecule has 0 atom stereocenters. The fourth-order valence-corrected chi connectivity index (χ4v) is 4.54. The molecule has 0 radical (unpaired) electrons. The molecule has 0 aromatic heterocycles. The van der Waals surface area contributed by atoms with Gasteiger partial charge in [-0.2, -0.15) is 0 Å². The van der Waals surface area contributed by atoms with Gasteiger partial charge in [-0.15, -0.1) is 0 Å². The summed E-state index contributed by atoms with van der Waals surface area (Å²) in [6.07, 6.45) is 6.29. The lowest BCUT2D eigenvalue weighted by atomic mass is 9.98. The molecule has 2 aromatic carbocycles. The summed E-state index contributed by atoms with van der Waals surface area (Å²) in [6, 6.07) is 17.8. The minimum atomic E-state index is -0.527. The largest absolute Gasteiger partial charge is 0.271 e. The highest BCUT2D eigenvalue weighted by molar-refractivity contribution is 7.82. The first-order valence-corrected chi connectivity index (χ1v) is 10.1. The van der Waals surface area contributed by atoms with Crippen molar-refractivity contribution in [3.05, 3.63) is 71.3 Å². The van der Waals surface area contributed by atoms with E-state index in [0.717, 1.165) is 42.5 Å². The van der Waals surface area contributed by atoms with Gasteiger partial charge in [0, 0.05) is 11.1 Å². The van der Waals surface area contributed by atoms with E-state index in [-0.39, 0.29) is 5.91 Å². The summed E-state index contributed by atoms with van der Waals surface area (Å²) in [7, 11) is 0. The Hall–Kier alpha value is -2.33. The third-order valence-electron chi connectivity index (χ3n) is 5.59. The quantitative estimate of drug-likeness (QED) is 0.665. The molecule has 1 fully saturated rings. The van der Waals surface area contributed by atoms with Crippen LogP contribution in [0.1, 0.15) is 60.0 Å². The van der Waals surface area contributed by atoms with Crippen LogP contribution in [0, 0.1) is 6.92 Å². The van der Waals surface area contributed by atoms with Gasteiger partial charge in [0.15, 0.2) is 0 Å². The molecule has 1 heterocycles. The van der Waals surface area contributed by atoms with Gasteiger partial charge in [0.05, 0.1) is 0 Å². The molecular weight excluding hydrogens is 352 g/mol. The molecule has 1 saturated carbocycles. The molecule has 3 nitrogen and oxygen atoms in total. The fraction of sp³-hybridized carbons (Fsp3) is 0.348. The minimum absolute atomic E-state index is 0.0309. The van der Waals surface area contributed by atoms with Gasteiger partial charge in [0.1, 0.15) is 16.4 Å². The summed E-state index contributed by atoms with van der Waals surface area (Å²) in [5.41, 5.74) is 3.07. The second-order valence-corrected chi connectivity index (χ2v) is 7.92. The van der Waals surface area contributed by atoms with Crippen molar-refractivity contribution in [2.45, 2.75) is 51.1 Å². The van der Waals surface area contributed by atoms with E-state index in [1.54, 1.807) is 0 Å². The predicted molar refractivity (Wildman–Crippen MR) is 113 cm³/mol. The molecule has 27 heavy (non-hydrogen) atoms. The Morgan fingerprint density at radius 1 is 0.963 bits per heavy atom. The van der Waals surface area contributed by atoms with Crippen molar-refractivity contribution >= 4 is 28.8 Å². The molecule has 1 aliphatic heterocycles. The first kappa shape index (κ1) is 18.1. The number of nitrogens with zero attached hydrogens (tertiary/aromatic N) is 2. The molecule has 0 N–H and O–H groups in total. The van der Waals surface area contributed by atoms with Crippen LogP contribution in [0.15, 0.2) is 59.6 Å². The molecule has 0 unspecified atom stereocenters. The standard InChI is InChI=1S/C23H24N2OS/c1-17-11-13-19(14-12-17)21(26)25-22(27)20(18-9-5-4-6-10-18)24-23(25)15-7-2-3-8-16-23/h4-6,9-14H,2-3,7-8,15-16H2,1H3. The van der Waals surface area contributed by atoms with E-state index in [0.29, 0.717) is 10.6 Å². The van der Waals surface area contributed by atoms with Gasteiger partial charge in [-0.1, -0.05) is 73.1 Å². The van der Waals surface area contributed by atoms with Crippen molar-refractivity contribution in [2.24, 2.45) is 4.99 Å². The maximum atomic E-state index is 13.5. The number of rotatable bonds is 2.